The summed E-state index contributed by atoms with van der Waals surface area (Å²) in [5, 5.41) is 8.51. The van der Waals surface area contributed by atoms with Crippen LogP contribution in [0.4, 0.5) is 11.4 Å². The maximum atomic E-state index is 13.6. The second-order valence-corrected chi connectivity index (χ2v) is 12.3. The van der Waals surface area contributed by atoms with E-state index in [0.29, 0.717) is 39.9 Å². The predicted molar refractivity (Wildman–Crippen MR) is 195 cm³/mol. The summed E-state index contributed by atoms with van der Waals surface area (Å²) in [4.78, 5) is 41.0. The number of amides is 3. The van der Waals surface area contributed by atoms with Crippen molar-refractivity contribution >= 4 is 70.1 Å². The molecule has 7 nitrogen and oxygen atoms in total. The number of halogens is 2. The molecule has 5 aromatic carbocycles. The summed E-state index contributed by atoms with van der Waals surface area (Å²) in [6.07, 6.45) is 1.58. The molecule has 0 fully saturated rings. The van der Waals surface area contributed by atoms with Crippen molar-refractivity contribution in [3.8, 4) is 5.75 Å². The third-order valence-corrected chi connectivity index (χ3v) is 9.05. The van der Waals surface area contributed by atoms with Gasteiger partial charge >= 0.3 is 0 Å². The first-order chi connectivity index (χ1) is 23.3. The smallest absolute Gasteiger partial charge is 0.272 e. The van der Waals surface area contributed by atoms with E-state index >= 15 is 0 Å². The van der Waals surface area contributed by atoms with E-state index in [2.05, 4.69) is 16.0 Å². The summed E-state index contributed by atoms with van der Waals surface area (Å²) in [7, 11) is 0. The molecular weight excluding hydrogens is 665 g/mol. The van der Waals surface area contributed by atoms with E-state index in [1.807, 2.05) is 67.6 Å². The third-order valence-electron chi connectivity index (χ3n) is 6.96. The lowest BCUT2D eigenvalue weighted by molar-refractivity contribution is -0.116. The maximum absolute atomic E-state index is 13.6. The van der Waals surface area contributed by atoms with Crippen LogP contribution in [0.5, 0.6) is 5.75 Å². The zero-order valence-electron chi connectivity index (χ0n) is 25.8. The Morgan fingerprint density at radius 1 is 0.771 bits per heavy atom. The van der Waals surface area contributed by atoms with Gasteiger partial charge in [0.05, 0.1) is 22.3 Å². The van der Waals surface area contributed by atoms with Crippen molar-refractivity contribution in [3.63, 3.8) is 0 Å². The van der Waals surface area contributed by atoms with Crippen LogP contribution in [0.3, 0.4) is 0 Å². The first-order valence-electron chi connectivity index (χ1n) is 15.0. The van der Waals surface area contributed by atoms with Gasteiger partial charge in [-0.15, -0.1) is 11.8 Å². The van der Waals surface area contributed by atoms with Gasteiger partial charge in [0.2, 0.25) is 5.91 Å². The fraction of sp³-hybridized carbons (Fsp3) is 0.0789. The summed E-state index contributed by atoms with van der Waals surface area (Å²) in [5.41, 5.74) is 2.79. The molecule has 5 aromatic rings. The topological polar surface area (TPSA) is 96.5 Å². The Morgan fingerprint density at radius 2 is 1.44 bits per heavy atom. The van der Waals surface area contributed by atoms with Gasteiger partial charge in [-0.2, -0.15) is 0 Å². The molecule has 0 aromatic heterocycles. The van der Waals surface area contributed by atoms with Crippen LogP contribution in [0.1, 0.15) is 33.7 Å². The zero-order valence-corrected chi connectivity index (χ0v) is 28.1. The first-order valence-corrected chi connectivity index (χ1v) is 16.6. The molecule has 0 heterocycles. The van der Waals surface area contributed by atoms with Crippen LogP contribution < -0.4 is 20.7 Å². The largest absolute Gasteiger partial charge is 0.493 e. The highest BCUT2D eigenvalue weighted by atomic mass is 35.5. The SMILES string of the molecule is CCOc1ccccc1/C=C(\NC(=O)c1ccccc1)C(=O)Nc1ccc(SC(C(=O)Nc2cccc(Cl)c2Cl)c2ccccc2)cc1. The van der Waals surface area contributed by atoms with Crippen LogP contribution >= 0.6 is 35.0 Å². The summed E-state index contributed by atoms with van der Waals surface area (Å²) < 4.78 is 5.73. The van der Waals surface area contributed by atoms with Crippen molar-refractivity contribution in [1.82, 2.24) is 5.32 Å². The third kappa shape index (κ3) is 9.07. The molecule has 0 aliphatic heterocycles. The van der Waals surface area contributed by atoms with Gasteiger partial charge in [0.25, 0.3) is 11.8 Å². The Labute approximate surface area is 293 Å². The van der Waals surface area contributed by atoms with E-state index in [1.54, 1.807) is 72.8 Å². The fourth-order valence-electron chi connectivity index (χ4n) is 4.64. The number of carbonyl (C=O) groups excluding carboxylic acids is 3. The monoisotopic (exact) mass is 695 g/mol. The van der Waals surface area contributed by atoms with Crippen LogP contribution in [0.2, 0.25) is 10.0 Å². The standard InChI is InChI=1S/C38H31Cl2N3O4S/c1-2-47-33-19-10-9-16-27(33)24-32(43-36(44)26-14-7-4-8-15-26)37(45)41-28-20-22-29(23-21-28)48-35(25-12-5-3-6-13-25)38(46)42-31-18-11-17-30(39)34(31)40/h3-24,35H,2H2,1H3,(H,41,45)(H,42,46)(H,43,44)/b32-24-. The molecule has 242 valence electrons. The van der Waals surface area contributed by atoms with Crippen LogP contribution in [0.15, 0.2) is 138 Å². The van der Waals surface area contributed by atoms with Crippen molar-refractivity contribution < 1.29 is 19.1 Å². The predicted octanol–water partition coefficient (Wildman–Crippen LogP) is 9.27. The summed E-state index contributed by atoms with van der Waals surface area (Å²) >= 11 is 13.8. The molecular formula is C38H31Cl2N3O4S. The van der Waals surface area contributed by atoms with E-state index in [1.165, 1.54) is 11.8 Å². The van der Waals surface area contributed by atoms with Crippen molar-refractivity contribution in [2.75, 3.05) is 17.2 Å². The number of nitrogens with one attached hydrogen (secondary N) is 3. The van der Waals surface area contributed by atoms with Gasteiger partial charge in [-0.25, -0.2) is 0 Å². The van der Waals surface area contributed by atoms with Gasteiger partial charge in [-0.3, -0.25) is 14.4 Å². The highest BCUT2D eigenvalue weighted by Gasteiger charge is 2.23. The maximum Gasteiger partial charge on any atom is 0.272 e. The average molecular weight is 697 g/mol. The van der Waals surface area contributed by atoms with E-state index in [4.69, 9.17) is 27.9 Å². The lowest BCUT2D eigenvalue weighted by Gasteiger charge is -2.18. The Hall–Kier alpha value is -5.02. The number of anilines is 2. The van der Waals surface area contributed by atoms with Gasteiger partial charge in [-0.05, 0) is 73.2 Å². The fourth-order valence-corrected chi connectivity index (χ4v) is 6.01. The second-order valence-electron chi connectivity index (χ2n) is 10.3. The van der Waals surface area contributed by atoms with Crippen LogP contribution in [-0.4, -0.2) is 24.3 Å². The van der Waals surface area contributed by atoms with Crippen molar-refractivity contribution in [1.29, 1.82) is 0 Å². The van der Waals surface area contributed by atoms with Gasteiger partial charge in [0.1, 0.15) is 16.7 Å². The molecule has 0 aliphatic rings. The minimum atomic E-state index is -0.616. The average Bonchev–Trinajstić information content (AvgIpc) is 3.11. The van der Waals surface area contributed by atoms with Crippen LogP contribution in [0.25, 0.3) is 6.08 Å². The van der Waals surface area contributed by atoms with Crippen molar-refractivity contribution in [3.05, 3.63) is 160 Å². The van der Waals surface area contributed by atoms with Gasteiger partial charge in [0, 0.05) is 21.7 Å². The van der Waals surface area contributed by atoms with E-state index in [0.717, 1.165) is 10.5 Å². The number of para-hydroxylation sites is 1. The molecule has 0 saturated carbocycles. The molecule has 0 spiro atoms. The van der Waals surface area contributed by atoms with E-state index < -0.39 is 17.1 Å². The molecule has 1 unspecified atom stereocenters. The van der Waals surface area contributed by atoms with Gasteiger partial charge in [0.15, 0.2) is 0 Å². The Morgan fingerprint density at radius 3 is 2.15 bits per heavy atom. The second kappa shape index (κ2) is 16.7. The number of carbonyl (C=O) groups is 3. The van der Waals surface area contributed by atoms with Crippen molar-refractivity contribution in [2.24, 2.45) is 0 Å². The highest BCUT2D eigenvalue weighted by molar-refractivity contribution is 8.00. The molecule has 5 rings (SSSR count). The molecule has 0 saturated heterocycles. The quantitative estimate of drug-likeness (QED) is 0.0893. The van der Waals surface area contributed by atoms with Gasteiger partial charge < -0.3 is 20.7 Å². The summed E-state index contributed by atoms with van der Waals surface area (Å²) in [5.74, 6) is -0.646. The Bertz CT molecular complexity index is 1920. The molecule has 48 heavy (non-hydrogen) atoms. The number of hydrogen-bond acceptors (Lipinski definition) is 5. The number of benzene rings is 5. The number of thioether (sulfide) groups is 1. The Balaban J connectivity index is 1.35. The number of hydrogen-bond donors (Lipinski definition) is 3. The molecule has 1 atom stereocenters. The lowest BCUT2D eigenvalue weighted by Crippen LogP contribution is -2.30. The summed E-state index contributed by atoms with van der Waals surface area (Å²) in [6, 6.07) is 37.5. The molecule has 0 bridgehead atoms. The first kappa shape index (κ1) is 34.3. The molecule has 0 aliphatic carbocycles. The van der Waals surface area contributed by atoms with Crippen LogP contribution in [-0.2, 0) is 9.59 Å². The van der Waals surface area contributed by atoms with E-state index in [-0.39, 0.29) is 16.6 Å². The van der Waals surface area contributed by atoms with Crippen LogP contribution in [0, 0.1) is 0 Å². The molecule has 10 heteroatoms. The minimum absolute atomic E-state index is 0.0370. The highest BCUT2D eigenvalue weighted by Crippen LogP contribution is 2.38. The summed E-state index contributed by atoms with van der Waals surface area (Å²) in [6.45, 7) is 2.31. The minimum Gasteiger partial charge on any atom is -0.493 e. The number of ether oxygens (including phenoxy) is 1. The Kier molecular flexibility index (Phi) is 11.9. The van der Waals surface area contributed by atoms with Gasteiger partial charge in [-0.1, -0.05) is 96.0 Å². The zero-order chi connectivity index (χ0) is 33.9. The number of rotatable bonds is 12. The molecule has 3 amide bonds. The molecule has 0 radical (unpaired) electrons. The van der Waals surface area contributed by atoms with Crippen molar-refractivity contribution in [2.45, 2.75) is 17.1 Å². The molecule has 3 N–H and O–H groups in total. The normalized spacial score (nSPS) is 11.7. The van der Waals surface area contributed by atoms with E-state index in [9.17, 15) is 14.4 Å². The lowest BCUT2D eigenvalue weighted by atomic mass is 10.1.